The smallest absolute Gasteiger partial charge is 0.328 e. The SMILES string of the molecule is O=C1NC(=O)C2(CCCN2c2ccc(Oc3ccc4c(cnn4-c4cccnc4)c3)nc2)C(=O)N1. The Bertz CT molecular complexity index is 1450. The van der Waals surface area contributed by atoms with Gasteiger partial charge in [-0.3, -0.25) is 25.2 Å². The second kappa shape index (κ2) is 7.90. The van der Waals surface area contributed by atoms with Crippen molar-refractivity contribution in [3.8, 4) is 17.3 Å². The lowest BCUT2D eigenvalue weighted by Crippen LogP contribution is -2.71. The Kier molecular flexibility index (Phi) is 4.69. The Morgan fingerprint density at radius 2 is 1.80 bits per heavy atom. The second-order valence-corrected chi connectivity index (χ2v) is 8.30. The molecule has 11 heteroatoms. The molecule has 2 aliphatic heterocycles. The molecule has 0 atom stereocenters. The molecule has 0 aliphatic carbocycles. The molecule has 2 fully saturated rings. The number of nitrogens with one attached hydrogen (secondary N) is 2. The van der Waals surface area contributed by atoms with Crippen LogP contribution in [0.1, 0.15) is 12.8 Å². The molecule has 2 saturated heterocycles. The molecule has 1 spiro atoms. The molecule has 35 heavy (non-hydrogen) atoms. The predicted molar refractivity (Wildman–Crippen MR) is 124 cm³/mol. The van der Waals surface area contributed by atoms with Crippen molar-refractivity contribution < 1.29 is 19.1 Å². The molecule has 6 rings (SSSR count). The van der Waals surface area contributed by atoms with Gasteiger partial charge in [-0.1, -0.05) is 0 Å². The molecule has 2 aliphatic rings. The molecule has 0 radical (unpaired) electrons. The number of carbonyl (C=O) groups is 3. The van der Waals surface area contributed by atoms with Crippen molar-refractivity contribution in [3.63, 3.8) is 0 Å². The van der Waals surface area contributed by atoms with Crippen LogP contribution in [0.25, 0.3) is 16.6 Å². The molecule has 1 aromatic carbocycles. The molecular formula is C24H19N7O4. The van der Waals surface area contributed by atoms with Gasteiger partial charge < -0.3 is 9.64 Å². The summed E-state index contributed by atoms with van der Waals surface area (Å²) in [4.78, 5) is 47.0. The maximum atomic E-state index is 12.6. The summed E-state index contributed by atoms with van der Waals surface area (Å²) in [5, 5.41) is 9.75. The van der Waals surface area contributed by atoms with Crippen LogP contribution in [0.2, 0.25) is 0 Å². The van der Waals surface area contributed by atoms with Crippen molar-refractivity contribution in [3.05, 3.63) is 67.3 Å². The van der Waals surface area contributed by atoms with Crippen LogP contribution in [-0.2, 0) is 9.59 Å². The highest BCUT2D eigenvalue weighted by atomic mass is 16.5. The quantitative estimate of drug-likeness (QED) is 0.436. The number of rotatable bonds is 4. The number of anilines is 1. The average Bonchev–Trinajstić information content (AvgIpc) is 3.49. The van der Waals surface area contributed by atoms with Crippen molar-refractivity contribution in [2.24, 2.45) is 0 Å². The molecule has 2 N–H and O–H groups in total. The third kappa shape index (κ3) is 3.36. The lowest BCUT2D eigenvalue weighted by atomic mass is 9.92. The van der Waals surface area contributed by atoms with Crippen LogP contribution in [0.15, 0.2) is 67.3 Å². The van der Waals surface area contributed by atoms with Crippen LogP contribution in [0.5, 0.6) is 11.6 Å². The van der Waals surface area contributed by atoms with E-state index in [0.29, 0.717) is 36.7 Å². The monoisotopic (exact) mass is 469 g/mol. The van der Waals surface area contributed by atoms with E-state index in [1.54, 1.807) is 46.5 Å². The highest BCUT2D eigenvalue weighted by molar-refractivity contribution is 6.24. The number of carbonyl (C=O) groups excluding carboxylic acids is 3. The lowest BCUT2D eigenvalue weighted by molar-refractivity contribution is -0.137. The van der Waals surface area contributed by atoms with E-state index in [2.05, 4.69) is 25.7 Å². The van der Waals surface area contributed by atoms with Crippen molar-refractivity contribution in [1.82, 2.24) is 30.4 Å². The maximum absolute atomic E-state index is 12.6. The number of imide groups is 2. The first kappa shape index (κ1) is 20.8. The fourth-order valence-electron chi connectivity index (χ4n) is 4.66. The maximum Gasteiger partial charge on any atom is 0.328 e. The van der Waals surface area contributed by atoms with E-state index in [1.165, 1.54) is 0 Å². The summed E-state index contributed by atoms with van der Waals surface area (Å²) < 4.78 is 7.73. The Labute approximate surface area is 198 Å². The first-order valence-corrected chi connectivity index (χ1v) is 11.0. The first-order chi connectivity index (χ1) is 17.0. The van der Waals surface area contributed by atoms with E-state index < -0.39 is 23.4 Å². The number of urea groups is 1. The van der Waals surface area contributed by atoms with Gasteiger partial charge in [-0.05, 0) is 49.2 Å². The number of fused-ring (bicyclic) bond motifs is 1. The van der Waals surface area contributed by atoms with Crippen molar-refractivity contribution >= 4 is 34.4 Å². The van der Waals surface area contributed by atoms with Crippen molar-refractivity contribution in [1.29, 1.82) is 0 Å². The van der Waals surface area contributed by atoms with E-state index in [-0.39, 0.29) is 0 Å². The van der Waals surface area contributed by atoms with Crippen LogP contribution >= 0.6 is 0 Å². The van der Waals surface area contributed by atoms with Gasteiger partial charge in [-0.15, -0.1) is 0 Å². The van der Waals surface area contributed by atoms with Gasteiger partial charge in [-0.25, -0.2) is 14.5 Å². The van der Waals surface area contributed by atoms with E-state index >= 15 is 0 Å². The molecule has 4 aromatic rings. The minimum atomic E-state index is -1.46. The topological polar surface area (TPSA) is 131 Å². The highest BCUT2D eigenvalue weighted by Gasteiger charge is 2.57. The molecule has 3 aromatic heterocycles. The summed E-state index contributed by atoms with van der Waals surface area (Å²) in [5.41, 5.74) is 0.897. The summed E-state index contributed by atoms with van der Waals surface area (Å²) >= 11 is 0. The van der Waals surface area contributed by atoms with Gasteiger partial charge in [0.05, 0.1) is 35.5 Å². The highest BCUT2D eigenvalue weighted by Crippen LogP contribution is 2.36. The van der Waals surface area contributed by atoms with E-state index in [1.807, 2.05) is 30.3 Å². The lowest BCUT2D eigenvalue weighted by Gasteiger charge is -2.38. The third-order valence-electron chi connectivity index (χ3n) is 6.27. The summed E-state index contributed by atoms with van der Waals surface area (Å²) in [5.74, 6) is -0.298. The number of benzene rings is 1. The van der Waals surface area contributed by atoms with Crippen LogP contribution in [0.3, 0.4) is 0 Å². The van der Waals surface area contributed by atoms with Crippen molar-refractivity contribution in [2.45, 2.75) is 18.4 Å². The molecule has 11 nitrogen and oxygen atoms in total. The fourth-order valence-corrected chi connectivity index (χ4v) is 4.66. The molecule has 4 amide bonds. The molecule has 0 unspecified atom stereocenters. The minimum absolute atomic E-state index is 0.308. The Balaban J connectivity index is 1.23. The third-order valence-corrected chi connectivity index (χ3v) is 6.27. The number of aromatic nitrogens is 4. The standard InChI is InChI=1S/C24H19N7O4/c32-21-24(22(33)29-23(34)28-21)8-2-10-30(24)16-4-7-20(26-14-16)35-18-5-6-19-15(11-18)12-27-31(19)17-3-1-9-25-13-17/h1,3-7,9,11-14H,2,8,10H2,(H2,28,29,32,33,34). The normalized spacial score (nSPS) is 17.0. The van der Waals surface area contributed by atoms with Crippen LogP contribution < -0.4 is 20.3 Å². The number of ether oxygens (including phenoxy) is 1. The Morgan fingerprint density at radius 1 is 0.943 bits per heavy atom. The first-order valence-electron chi connectivity index (χ1n) is 11.0. The second-order valence-electron chi connectivity index (χ2n) is 8.30. The molecule has 0 bridgehead atoms. The number of nitrogens with zero attached hydrogens (tertiary/aromatic N) is 5. The van der Waals surface area contributed by atoms with Gasteiger partial charge in [0.25, 0.3) is 11.8 Å². The zero-order chi connectivity index (χ0) is 24.0. The summed E-state index contributed by atoms with van der Waals surface area (Å²) in [6, 6.07) is 12.0. The van der Waals surface area contributed by atoms with Gasteiger partial charge in [-0.2, -0.15) is 5.10 Å². The Morgan fingerprint density at radius 3 is 2.54 bits per heavy atom. The van der Waals surface area contributed by atoms with Gasteiger partial charge in [0.15, 0.2) is 5.54 Å². The van der Waals surface area contributed by atoms with Gasteiger partial charge >= 0.3 is 6.03 Å². The molecule has 5 heterocycles. The predicted octanol–water partition coefficient (Wildman–Crippen LogP) is 2.31. The van der Waals surface area contributed by atoms with Crippen molar-refractivity contribution in [2.75, 3.05) is 11.4 Å². The number of amides is 4. The zero-order valence-electron chi connectivity index (χ0n) is 18.3. The van der Waals surface area contributed by atoms with E-state index in [0.717, 1.165) is 16.6 Å². The summed E-state index contributed by atoms with van der Waals surface area (Å²) in [7, 11) is 0. The minimum Gasteiger partial charge on any atom is -0.439 e. The Hall–Kier alpha value is -4.80. The van der Waals surface area contributed by atoms with Gasteiger partial charge in [0.2, 0.25) is 5.88 Å². The number of hydrogen-bond donors (Lipinski definition) is 2. The van der Waals surface area contributed by atoms with E-state index in [9.17, 15) is 14.4 Å². The number of barbiturate groups is 1. The number of hydrogen-bond acceptors (Lipinski definition) is 8. The summed E-state index contributed by atoms with van der Waals surface area (Å²) in [6.07, 6.45) is 7.69. The summed E-state index contributed by atoms with van der Waals surface area (Å²) in [6.45, 7) is 0.481. The zero-order valence-corrected chi connectivity index (χ0v) is 18.3. The van der Waals surface area contributed by atoms with Gasteiger partial charge in [0.1, 0.15) is 5.75 Å². The van der Waals surface area contributed by atoms with Crippen LogP contribution in [-0.4, -0.2) is 49.7 Å². The molecule has 0 saturated carbocycles. The average molecular weight is 469 g/mol. The van der Waals surface area contributed by atoms with Crippen LogP contribution in [0.4, 0.5) is 10.5 Å². The fraction of sp³-hybridized carbons (Fsp3) is 0.167. The number of pyridine rings is 2. The largest absolute Gasteiger partial charge is 0.439 e. The molecular weight excluding hydrogens is 450 g/mol. The van der Waals surface area contributed by atoms with E-state index in [4.69, 9.17) is 4.74 Å². The van der Waals surface area contributed by atoms with Crippen LogP contribution in [0, 0.1) is 0 Å². The van der Waals surface area contributed by atoms with Gasteiger partial charge in [0, 0.05) is 24.2 Å². The molecule has 174 valence electrons.